The van der Waals surface area contributed by atoms with E-state index in [2.05, 4.69) is 10.3 Å². The standard InChI is InChI=1S/C9H15N3O3S/c1-5(13)7(8(14)10-2)12(3)6-4-16-9(15)11-6/h5,7,13H,4H2,1-3H3,(H,10,14)/t5-,7+/m1/s1. The summed E-state index contributed by atoms with van der Waals surface area (Å²) >= 11 is 1.08. The first-order valence-corrected chi connectivity index (χ1v) is 5.82. The first-order valence-electron chi connectivity index (χ1n) is 4.84. The fourth-order valence-corrected chi connectivity index (χ4v) is 2.19. The zero-order chi connectivity index (χ0) is 12.3. The van der Waals surface area contributed by atoms with Crippen LogP contribution in [0.3, 0.4) is 0 Å². The van der Waals surface area contributed by atoms with Gasteiger partial charge in [-0.25, -0.2) is 0 Å². The van der Waals surface area contributed by atoms with Crippen LogP contribution in [-0.4, -0.2) is 59.0 Å². The number of aliphatic imine (C=N–C) groups is 1. The van der Waals surface area contributed by atoms with Crippen molar-refractivity contribution in [2.75, 3.05) is 19.8 Å². The molecule has 1 rings (SSSR count). The summed E-state index contributed by atoms with van der Waals surface area (Å²) in [5, 5.41) is 11.8. The first kappa shape index (κ1) is 13.0. The second-order valence-electron chi connectivity index (χ2n) is 3.49. The van der Waals surface area contributed by atoms with Crippen molar-refractivity contribution < 1.29 is 14.7 Å². The van der Waals surface area contributed by atoms with Gasteiger partial charge in [0.15, 0.2) is 0 Å². The highest BCUT2D eigenvalue weighted by molar-refractivity contribution is 8.14. The molecule has 0 radical (unpaired) electrons. The van der Waals surface area contributed by atoms with Crippen LogP contribution < -0.4 is 5.32 Å². The van der Waals surface area contributed by atoms with Crippen molar-refractivity contribution in [3.05, 3.63) is 0 Å². The minimum atomic E-state index is -0.839. The van der Waals surface area contributed by atoms with Gasteiger partial charge in [0.25, 0.3) is 0 Å². The average molecular weight is 245 g/mol. The number of rotatable bonds is 3. The van der Waals surface area contributed by atoms with Gasteiger partial charge in [0, 0.05) is 14.1 Å². The molecule has 2 atom stereocenters. The molecule has 0 bridgehead atoms. The van der Waals surface area contributed by atoms with Gasteiger partial charge in [0.05, 0.1) is 11.9 Å². The van der Waals surface area contributed by atoms with Gasteiger partial charge in [-0.15, -0.1) is 0 Å². The molecule has 1 aliphatic rings. The summed E-state index contributed by atoms with van der Waals surface area (Å²) in [4.78, 5) is 27.9. The summed E-state index contributed by atoms with van der Waals surface area (Å²) in [5.41, 5.74) is 0. The van der Waals surface area contributed by atoms with Crippen LogP contribution in [0.2, 0.25) is 0 Å². The van der Waals surface area contributed by atoms with Crippen LogP contribution in [0, 0.1) is 0 Å². The van der Waals surface area contributed by atoms with E-state index in [1.165, 1.54) is 14.0 Å². The largest absolute Gasteiger partial charge is 0.391 e. The Morgan fingerprint density at radius 1 is 1.69 bits per heavy atom. The molecular formula is C9H15N3O3S. The van der Waals surface area contributed by atoms with Crippen molar-refractivity contribution in [3.8, 4) is 0 Å². The molecule has 90 valence electrons. The van der Waals surface area contributed by atoms with Crippen LogP contribution in [0.4, 0.5) is 4.79 Å². The zero-order valence-corrected chi connectivity index (χ0v) is 10.2. The predicted molar refractivity (Wildman–Crippen MR) is 62.6 cm³/mol. The number of likely N-dealkylation sites (N-methyl/N-ethyl adjacent to an activating group) is 2. The van der Waals surface area contributed by atoms with Crippen molar-refractivity contribution in [2.24, 2.45) is 4.99 Å². The van der Waals surface area contributed by atoms with Crippen molar-refractivity contribution in [1.82, 2.24) is 10.2 Å². The number of carbonyl (C=O) groups is 2. The number of hydrogen-bond acceptors (Lipinski definition) is 5. The summed E-state index contributed by atoms with van der Waals surface area (Å²) in [7, 11) is 3.15. The molecule has 0 saturated heterocycles. The second-order valence-corrected chi connectivity index (χ2v) is 4.42. The number of nitrogens with one attached hydrogen (secondary N) is 1. The number of amidine groups is 1. The van der Waals surface area contributed by atoms with Crippen LogP contribution in [0.1, 0.15) is 6.92 Å². The molecule has 0 aromatic heterocycles. The molecule has 0 aromatic rings. The lowest BCUT2D eigenvalue weighted by Gasteiger charge is -2.29. The highest BCUT2D eigenvalue weighted by Gasteiger charge is 2.31. The zero-order valence-electron chi connectivity index (χ0n) is 9.43. The predicted octanol–water partition coefficient (Wildman–Crippen LogP) is -0.321. The molecular weight excluding hydrogens is 230 g/mol. The van der Waals surface area contributed by atoms with E-state index in [0.717, 1.165) is 11.8 Å². The Balaban J connectivity index is 2.83. The van der Waals surface area contributed by atoms with Crippen LogP contribution >= 0.6 is 11.8 Å². The lowest BCUT2D eigenvalue weighted by atomic mass is 10.1. The van der Waals surface area contributed by atoms with Gasteiger partial charge < -0.3 is 15.3 Å². The highest BCUT2D eigenvalue weighted by atomic mass is 32.2. The maximum atomic E-state index is 11.6. The van der Waals surface area contributed by atoms with E-state index in [1.54, 1.807) is 11.9 Å². The molecule has 0 unspecified atom stereocenters. The van der Waals surface area contributed by atoms with Crippen LogP contribution in [0.5, 0.6) is 0 Å². The minimum Gasteiger partial charge on any atom is -0.391 e. The number of aliphatic hydroxyl groups is 1. The number of amides is 2. The van der Waals surface area contributed by atoms with Gasteiger partial charge in [0.1, 0.15) is 11.9 Å². The molecule has 0 aromatic carbocycles. The second kappa shape index (κ2) is 5.31. The molecule has 16 heavy (non-hydrogen) atoms. The molecule has 2 N–H and O–H groups in total. The van der Waals surface area contributed by atoms with Crippen molar-refractivity contribution in [3.63, 3.8) is 0 Å². The summed E-state index contributed by atoms with van der Waals surface area (Å²) in [6, 6.07) is -0.727. The fourth-order valence-electron chi connectivity index (χ4n) is 1.50. The fraction of sp³-hybridized carbons (Fsp3) is 0.667. The van der Waals surface area contributed by atoms with E-state index in [1.807, 2.05) is 0 Å². The number of aliphatic hydroxyl groups excluding tert-OH is 1. The minimum absolute atomic E-state index is 0.261. The molecule has 0 saturated carbocycles. The van der Waals surface area contributed by atoms with Gasteiger partial charge in [-0.3, -0.25) is 9.59 Å². The molecule has 0 fully saturated rings. The topological polar surface area (TPSA) is 82.0 Å². The third-order valence-electron chi connectivity index (χ3n) is 2.34. The Morgan fingerprint density at radius 2 is 2.31 bits per heavy atom. The first-order chi connectivity index (χ1) is 7.47. The van der Waals surface area contributed by atoms with Gasteiger partial charge in [-0.2, -0.15) is 4.99 Å². The molecule has 7 heteroatoms. The number of hydrogen-bond donors (Lipinski definition) is 2. The quantitative estimate of drug-likeness (QED) is 0.712. The maximum absolute atomic E-state index is 11.6. The smallest absolute Gasteiger partial charge is 0.306 e. The number of thioether (sulfide) groups is 1. The van der Waals surface area contributed by atoms with Crippen LogP contribution in [-0.2, 0) is 4.79 Å². The van der Waals surface area contributed by atoms with Gasteiger partial charge >= 0.3 is 5.24 Å². The average Bonchev–Trinajstić information content (AvgIpc) is 2.64. The van der Waals surface area contributed by atoms with Gasteiger partial charge in [-0.1, -0.05) is 11.8 Å². The molecule has 1 heterocycles. The van der Waals surface area contributed by atoms with Gasteiger partial charge in [0.2, 0.25) is 5.91 Å². The lowest BCUT2D eigenvalue weighted by molar-refractivity contribution is -0.127. The van der Waals surface area contributed by atoms with E-state index < -0.39 is 12.1 Å². The number of nitrogens with zero attached hydrogens (tertiary/aromatic N) is 2. The van der Waals surface area contributed by atoms with E-state index >= 15 is 0 Å². The summed E-state index contributed by atoms with van der Waals surface area (Å²) in [6.07, 6.45) is -0.839. The Bertz CT molecular complexity index is 330. The summed E-state index contributed by atoms with van der Waals surface area (Å²) in [6.45, 7) is 1.53. The summed E-state index contributed by atoms with van der Waals surface area (Å²) < 4.78 is 0. The van der Waals surface area contributed by atoms with E-state index in [-0.39, 0.29) is 11.1 Å². The molecule has 0 spiro atoms. The van der Waals surface area contributed by atoms with E-state index in [0.29, 0.717) is 11.6 Å². The Labute approximate surface area is 98.1 Å². The molecule has 1 aliphatic heterocycles. The highest BCUT2D eigenvalue weighted by Crippen LogP contribution is 2.17. The normalized spacial score (nSPS) is 19.0. The van der Waals surface area contributed by atoms with Crippen molar-refractivity contribution >= 4 is 28.7 Å². The maximum Gasteiger partial charge on any atom is 0.306 e. The van der Waals surface area contributed by atoms with Crippen molar-refractivity contribution in [2.45, 2.75) is 19.1 Å². The Kier molecular flexibility index (Phi) is 4.31. The van der Waals surface area contributed by atoms with Crippen LogP contribution in [0.15, 0.2) is 4.99 Å². The molecule has 6 nitrogen and oxygen atoms in total. The third kappa shape index (κ3) is 2.73. The number of carbonyl (C=O) groups excluding carboxylic acids is 2. The Hall–Kier alpha value is -1.08. The monoisotopic (exact) mass is 245 g/mol. The lowest BCUT2D eigenvalue weighted by Crippen LogP contribution is -2.52. The Morgan fingerprint density at radius 3 is 2.69 bits per heavy atom. The molecule has 0 aliphatic carbocycles. The van der Waals surface area contributed by atoms with Crippen molar-refractivity contribution in [1.29, 1.82) is 0 Å². The SMILES string of the molecule is CNC(=O)[C@H]([C@@H](C)O)N(C)C1=NC(=O)SC1. The van der Waals surface area contributed by atoms with Gasteiger partial charge in [-0.05, 0) is 6.92 Å². The molecule has 2 amide bonds. The summed E-state index contributed by atoms with van der Waals surface area (Å²) in [5.74, 6) is 0.657. The van der Waals surface area contributed by atoms with E-state index in [9.17, 15) is 14.7 Å². The third-order valence-corrected chi connectivity index (χ3v) is 3.08. The van der Waals surface area contributed by atoms with E-state index in [4.69, 9.17) is 0 Å². The van der Waals surface area contributed by atoms with Crippen LogP contribution in [0.25, 0.3) is 0 Å².